The Balaban J connectivity index is 1.92. The number of thioether (sulfide) groups is 1. The molecule has 3 aromatic carbocycles. The van der Waals surface area contributed by atoms with Crippen molar-refractivity contribution in [1.29, 1.82) is 0 Å². The summed E-state index contributed by atoms with van der Waals surface area (Å²) in [5, 5.41) is 3.06. The average molecular weight is 557 g/mol. The van der Waals surface area contributed by atoms with Gasteiger partial charge in [0, 0.05) is 4.90 Å². The van der Waals surface area contributed by atoms with Crippen LogP contribution in [0.3, 0.4) is 0 Å². The van der Waals surface area contributed by atoms with Crippen LogP contribution in [-0.2, 0) is 14.8 Å². The Kier molecular flexibility index (Phi) is 10.5. The first-order chi connectivity index (χ1) is 18.2. The minimum Gasteiger partial charge on any atom is -0.497 e. The second-order valence-electron chi connectivity index (χ2n) is 9.14. The molecule has 38 heavy (non-hydrogen) atoms. The molecule has 0 saturated heterocycles. The first-order valence-electron chi connectivity index (χ1n) is 12.5. The molecular formula is C29H36N2O5S2. The van der Waals surface area contributed by atoms with Crippen LogP contribution in [-0.4, -0.2) is 40.8 Å². The zero-order valence-electron chi connectivity index (χ0n) is 22.5. The summed E-state index contributed by atoms with van der Waals surface area (Å²) in [6.45, 7) is 6.17. The normalized spacial score (nSPS) is 12.2. The topological polar surface area (TPSA) is 84.9 Å². The highest BCUT2D eigenvalue weighted by molar-refractivity contribution is 7.98. The number of hydrogen-bond acceptors (Lipinski definition) is 6. The zero-order chi connectivity index (χ0) is 27.7. The highest BCUT2D eigenvalue weighted by atomic mass is 32.2. The first-order valence-corrected chi connectivity index (χ1v) is 15.2. The third-order valence-electron chi connectivity index (χ3n) is 5.93. The van der Waals surface area contributed by atoms with Crippen molar-refractivity contribution >= 4 is 33.4 Å². The monoisotopic (exact) mass is 556 g/mol. The lowest BCUT2D eigenvalue weighted by atomic mass is 9.97. The molecule has 0 aromatic heterocycles. The van der Waals surface area contributed by atoms with Gasteiger partial charge in [-0.05, 0) is 91.7 Å². The Morgan fingerprint density at radius 3 is 2.08 bits per heavy atom. The molecular weight excluding hydrogens is 520 g/mol. The number of benzene rings is 3. The van der Waals surface area contributed by atoms with Crippen LogP contribution in [0.5, 0.6) is 11.5 Å². The van der Waals surface area contributed by atoms with Gasteiger partial charge in [0.2, 0.25) is 5.91 Å². The number of nitrogens with one attached hydrogen (secondary N) is 1. The molecule has 0 saturated carbocycles. The molecule has 0 unspecified atom stereocenters. The quantitative estimate of drug-likeness (QED) is 0.263. The minimum absolute atomic E-state index is 0.117. The fraction of sp³-hybridized carbons (Fsp3) is 0.345. The van der Waals surface area contributed by atoms with E-state index < -0.39 is 15.9 Å². The molecule has 0 spiro atoms. The molecule has 0 fully saturated rings. The Morgan fingerprint density at radius 1 is 0.947 bits per heavy atom. The van der Waals surface area contributed by atoms with Crippen molar-refractivity contribution < 1.29 is 22.7 Å². The molecule has 0 bridgehead atoms. The van der Waals surface area contributed by atoms with Gasteiger partial charge < -0.3 is 14.8 Å². The lowest BCUT2D eigenvalue weighted by Gasteiger charge is -2.27. The molecule has 0 heterocycles. The van der Waals surface area contributed by atoms with Gasteiger partial charge in [0.05, 0.1) is 30.3 Å². The number of amides is 1. The van der Waals surface area contributed by atoms with Crippen LogP contribution in [0.1, 0.15) is 38.8 Å². The second-order valence-corrected chi connectivity index (χ2v) is 11.9. The summed E-state index contributed by atoms with van der Waals surface area (Å²) < 4.78 is 39.5. The van der Waals surface area contributed by atoms with Crippen molar-refractivity contribution in [2.24, 2.45) is 5.92 Å². The van der Waals surface area contributed by atoms with Gasteiger partial charge in [0.25, 0.3) is 10.0 Å². The van der Waals surface area contributed by atoms with Gasteiger partial charge in [-0.3, -0.25) is 9.10 Å². The second kappa shape index (κ2) is 13.6. The molecule has 9 heteroatoms. The minimum atomic E-state index is -4.03. The van der Waals surface area contributed by atoms with Crippen LogP contribution in [0.25, 0.3) is 0 Å². The summed E-state index contributed by atoms with van der Waals surface area (Å²) in [6, 6.07) is 20.6. The Hall–Kier alpha value is -3.17. The number of methoxy groups -OCH3 is 1. The molecule has 7 nitrogen and oxygen atoms in total. The van der Waals surface area contributed by atoms with Crippen LogP contribution in [0, 0.1) is 5.92 Å². The molecule has 1 amide bonds. The first kappa shape index (κ1) is 29.4. The van der Waals surface area contributed by atoms with E-state index in [9.17, 15) is 13.2 Å². The van der Waals surface area contributed by atoms with Crippen molar-refractivity contribution in [3.63, 3.8) is 0 Å². The number of anilines is 1. The van der Waals surface area contributed by atoms with Crippen molar-refractivity contribution in [1.82, 2.24) is 5.32 Å². The predicted molar refractivity (Wildman–Crippen MR) is 154 cm³/mol. The van der Waals surface area contributed by atoms with Gasteiger partial charge in [-0.25, -0.2) is 8.42 Å². The van der Waals surface area contributed by atoms with Gasteiger partial charge in [0.15, 0.2) is 0 Å². The Labute approximate surface area is 230 Å². The highest BCUT2D eigenvalue weighted by Crippen LogP contribution is 2.28. The van der Waals surface area contributed by atoms with E-state index in [-0.39, 0.29) is 17.5 Å². The number of rotatable bonds is 13. The Bertz CT molecular complexity index is 1280. The van der Waals surface area contributed by atoms with E-state index in [2.05, 4.69) is 19.2 Å². The van der Waals surface area contributed by atoms with Gasteiger partial charge >= 0.3 is 0 Å². The van der Waals surface area contributed by atoms with Gasteiger partial charge in [-0.2, -0.15) is 0 Å². The number of ether oxygens (including phenoxy) is 2. The van der Waals surface area contributed by atoms with Crippen LogP contribution in [0.4, 0.5) is 5.69 Å². The molecule has 0 aliphatic heterocycles. The summed E-state index contributed by atoms with van der Waals surface area (Å²) >= 11 is 1.53. The van der Waals surface area contributed by atoms with E-state index in [4.69, 9.17) is 9.47 Å². The van der Waals surface area contributed by atoms with Crippen molar-refractivity contribution in [3.05, 3.63) is 78.4 Å². The lowest BCUT2D eigenvalue weighted by Crippen LogP contribution is -2.42. The maximum Gasteiger partial charge on any atom is 0.264 e. The molecule has 3 aromatic rings. The molecule has 1 N–H and O–H groups in total. The smallest absolute Gasteiger partial charge is 0.264 e. The summed E-state index contributed by atoms with van der Waals surface area (Å²) in [5.74, 6) is 1.26. The van der Waals surface area contributed by atoms with Gasteiger partial charge in [-0.1, -0.05) is 26.0 Å². The number of hydrogen-bond donors (Lipinski definition) is 1. The number of nitrogens with zero attached hydrogens (tertiary/aromatic N) is 1. The molecule has 0 radical (unpaired) electrons. The number of carbonyl (C=O) groups excluding carboxylic acids is 1. The summed E-state index contributed by atoms with van der Waals surface area (Å²) in [5.41, 5.74) is 1.30. The van der Waals surface area contributed by atoms with Gasteiger partial charge in [-0.15, -0.1) is 11.8 Å². The molecule has 204 valence electrons. The van der Waals surface area contributed by atoms with E-state index in [1.54, 1.807) is 55.6 Å². The maximum atomic E-state index is 13.8. The molecule has 0 aliphatic carbocycles. The highest BCUT2D eigenvalue weighted by Gasteiger charge is 2.28. The van der Waals surface area contributed by atoms with E-state index in [0.29, 0.717) is 30.4 Å². The SMILES string of the molecule is CCOc1ccc(N(CC(=O)N[C@H](CC(C)C)c2ccc(OC)cc2)S(=O)(=O)c2ccc(SC)cc2)cc1. The predicted octanol–water partition coefficient (Wildman–Crippen LogP) is 5.91. The third kappa shape index (κ3) is 7.68. The molecule has 3 rings (SSSR count). The fourth-order valence-corrected chi connectivity index (χ4v) is 5.85. The largest absolute Gasteiger partial charge is 0.497 e. The fourth-order valence-electron chi connectivity index (χ4n) is 4.02. The average Bonchev–Trinajstić information content (AvgIpc) is 2.92. The van der Waals surface area contributed by atoms with Crippen molar-refractivity contribution in [2.45, 2.75) is 43.0 Å². The van der Waals surface area contributed by atoms with Crippen LogP contribution in [0.2, 0.25) is 0 Å². The summed E-state index contributed by atoms with van der Waals surface area (Å²) in [6.07, 6.45) is 2.63. The third-order valence-corrected chi connectivity index (χ3v) is 8.46. The lowest BCUT2D eigenvalue weighted by molar-refractivity contribution is -0.120. The standard InChI is InChI=1S/C29H36N2O5S2/c1-6-36-25-13-9-23(10-14-25)31(38(33,34)27-17-15-26(37-5)16-18-27)20-29(32)30-28(19-21(2)3)22-7-11-24(35-4)12-8-22/h7-18,21,28H,6,19-20H2,1-5H3,(H,30,32)/t28-/m1/s1. The molecule has 0 aliphatic rings. The van der Waals surface area contributed by atoms with E-state index >= 15 is 0 Å². The van der Waals surface area contributed by atoms with Gasteiger partial charge in [0.1, 0.15) is 18.0 Å². The van der Waals surface area contributed by atoms with E-state index in [1.165, 1.54) is 11.8 Å². The van der Waals surface area contributed by atoms with E-state index in [0.717, 1.165) is 20.5 Å². The molecule has 1 atom stereocenters. The number of carbonyl (C=O) groups is 1. The van der Waals surface area contributed by atoms with Crippen molar-refractivity contribution in [3.8, 4) is 11.5 Å². The van der Waals surface area contributed by atoms with Crippen LogP contribution >= 0.6 is 11.8 Å². The maximum absolute atomic E-state index is 13.8. The summed E-state index contributed by atoms with van der Waals surface area (Å²) in [7, 11) is -2.42. The Morgan fingerprint density at radius 2 is 1.55 bits per heavy atom. The van der Waals surface area contributed by atoms with Crippen LogP contribution in [0.15, 0.2) is 82.6 Å². The van der Waals surface area contributed by atoms with Crippen molar-refractivity contribution in [2.75, 3.05) is 30.8 Å². The zero-order valence-corrected chi connectivity index (χ0v) is 24.1. The number of sulfonamides is 1. The van der Waals surface area contributed by atoms with E-state index in [1.807, 2.05) is 37.4 Å². The summed E-state index contributed by atoms with van der Waals surface area (Å²) in [4.78, 5) is 14.5. The van der Waals surface area contributed by atoms with Crippen LogP contribution < -0.4 is 19.1 Å².